The lowest BCUT2D eigenvalue weighted by molar-refractivity contribution is -0.122. The van der Waals surface area contributed by atoms with Crippen LogP contribution in [-0.2, 0) is 9.59 Å². The number of halogens is 1. The van der Waals surface area contributed by atoms with E-state index in [2.05, 4.69) is 15.3 Å². The molecule has 9 heteroatoms. The van der Waals surface area contributed by atoms with Gasteiger partial charge >= 0.3 is 0 Å². The molecule has 0 fully saturated rings. The van der Waals surface area contributed by atoms with Crippen LogP contribution < -0.4 is 15.0 Å². The molecule has 0 saturated heterocycles. The smallest absolute Gasteiger partial charge is 0.244 e. The van der Waals surface area contributed by atoms with Crippen LogP contribution in [0.3, 0.4) is 0 Å². The van der Waals surface area contributed by atoms with Gasteiger partial charge in [-0.3, -0.25) is 19.4 Å². The van der Waals surface area contributed by atoms with Crippen molar-refractivity contribution in [2.45, 2.75) is 19.8 Å². The molecule has 1 N–H and O–H groups in total. The van der Waals surface area contributed by atoms with Gasteiger partial charge in [0.05, 0.1) is 30.0 Å². The summed E-state index contributed by atoms with van der Waals surface area (Å²) in [6.45, 7) is 2.74. The minimum absolute atomic E-state index is 0.0238. The number of amides is 2. The van der Waals surface area contributed by atoms with Crippen molar-refractivity contribution in [3.8, 4) is 17.0 Å². The highest BCUT2D eigenvalue weighted by atomic mass is 19.1. The third-order valence-electron chi connectivity index (χ3n) is 5.46. The van der Waals surface area contributed by atoms with E-state index in [4.69, 9.17) is 4.74 Å². The first kappa shape index (κ1) is 22.1. The highest BCUT2D eigenvalue weighted by Crippen LogP contribution is 2.42. The lowest BCUT2D eigenvalue weighted by Gasteiger charge is -2.24. The topological polar surface area (TPSA) is 101 Å². The minimum atomic E-state index is -0.828. The molecular formula is C24H21FN4O4. The molecule has 168 valence electrons. The van der Waals surface area contributed by atoms with Crippen LogP contribution in [0.5, 0.6) is 5.88 Å². The molecule has 0 unspecified atom stereocenters. The van der Waals surface area contributed by atoms with Crippen molar-refractivity contribution in [2.75, 3.05) is 23.9 Å². The number of hydrogen-bond donors (Lipinski definition) is 1. The molecular weight excluding hydrogens is 427 g/mol. The van der Waals surface area contributed by atoms with E-state index in [1.165, 1.54) is 31.2 Å². The number of rotatable bonds is 5. The molecule has 0 aliphatic carbocycles. The largest absolute Gasteiger partial charge is 0.481 e. The summed E-state index contributed by atoms with van der Waals surface area (Å²) in [4.78, 5) is 47.0. The summed E-state index contributed by atoms with van der Waals surface area (Å²) in [7, 11) is 1.34. The van der Waals surface area contributed by atoms with Gasteiger partial charge in [0.1, 0.15) is 6.54 Å². The molecule has 3 heterocycles. The highest BCUT2D eigenvalue weighted by Gasteiger charge is 2.35. The van der Waals surface area contributed by atoms with Gasteiger partial charge in [0, 0.05) is 29.1 Å². The van der Waals surface area contributed by atoms with Crippen molar-refractivity contribution < 1.29 is 23.5 Å². The van der Waals surface area contributed by atoms with Gasteiger partial charge in [0.2, 0.25) is 23.6 Å². The number of carbonyl (C=O) groups is 3. The van der Waals surface area contributed by atoms with Gasteiger partial charge in [-0.2, -0.15) is 9.37 Å². The van der Waals surface area contributed by atoms with E-state index in [9.17, 15) is 14.4 Å². The van der Waals surface area contributed by atoms with Crippen molar-refractivity contribution >= 4 is 29.0 Å². The summed E-state index contributed by atoms with van der Waals surface area (Å²) in [6, 6.07) is 11.1. The van der Waals surface area contributed by atoms with Gasteiger partial charge in [-0.05, 0) is 44.2 Å². The molecule has 8 nitrogen and oxygen atoms in total. The zero-order valence-corrected chi connectivity index (χ0v) is 18.3. The first-order chi connectivity index (χ1) is 15.8. The van der Waals surface area contributed by atoms with Gasteiger partial charge in [-0.25, -0.2) is 0 Å². The standard InChI is InChI=1S/C24H21FN4O4/c1-13-22-17(5-4-10-26-22)21-18(11-20(33-3)28-23(21)25)29(24(13)32)12-19(31)27-16-8-6-15(7-9-16)14(2)30/h4-11,13H,12H2,1-3H3,(H,27,31)/t13-/m0/s1. The first-order valence-electron chi connectivity index (χ1n) is 10.2. The van der Waals surface area contributed by atoms with Gasteiger partial charge < -0.3 is 15.0 Å². The normalized spacial score (nSPS) is 14.7. The van der Waals surface area contributed by atoms with Crippen LogP contribution in [0.25, 0.3) is 11.1 Å². The lowest BCUT2D eigenvalue weighted by atomic mass is 9.98. The number of aromatic nitrogens is 2. The molecule has 0 spiro atoms. The maximum atomic E-state index is 15.1. The van der Waals surface area contributed by atoms with Crippen molar-refractivity contribution in [3.05, 3.63) is 65.9 Å². The molecule has 4 rings (SSSR count). The Hall–Kier alpha value is -4.14. The number of nitrogens with zero attached hydrogens (tertiary/aromatic N) is 3. The van der Waals surface area contributed by atoms with Crippen molar-refractivity contribution in [1.29, 1.82) is 0 Å². The Labute approximate surface area is 189 Å². The maximum Gasteiger partial charge on any atom is 0.244 e. The quantitative estimate of drug-likeness (QED) is 0.473. The summed E-state index contributed by atoms with van der Waals surface area (Å²) in [5, 5.41) is 2.71. The zero-order valence-electron chi connectivity index (χ0n) is 18.3. The van der Waals surface area contributed by atoms with E-state index in [1.54, 1.807) is 43.3 Å². The SMILES string of the molecule is COc1cc2c(c(F)n1)-c1cccnc1[C@H](C)C(=O)N2CC(=O)Nc1ccc(C(C)=O)cc1. The number of Topliss-reactive ketones (excluding diaryl/α,β-unsaturated/α-hetero) is 1. The first-order valence-corrected chi connectivity index (χ1v) is 10.2. The van der Waals surface area contributed by atoms with Crippen LogP contribution in [0.15, 0.2) is 48.7 Å². The third-order valence-corrected chi connectivity index (χ3v) is 5.46. The Kier molecular flexibility index (Phi) is 5.87. The summed E-state index contributed by atoms with van der Waals surface area (Å²) in [5.74, 6) is -2.57. The third kappa shape index (κ3) is 4.17. The average Bonchev–Trinajstić information content (AvgIpc) is 2.89. The maximum absolute atomic E-state index is 15.1. The van der Waals surface area contributed by atoms with Gasteiger partial charge in [0.15, 0.2) is 5.78 Å². The monoisotopic (exact) mass is 448 g/mol. The second-order valence-corrected chi connectivity index (χ2v) is 7.61. The average molecular weight is 448 g/mol. The molecule has 0 saturated carbocycles. The molecule has 0 bridgehead atoms. The fraction of sp³-hybridized carbons (Fsp3) is 0.208. The predicted molar refractivity (Wildman–Crippen MR) is 120 cm³/mol. The van der Waals surface area contributed by atoms with E-state index in [0.29, 0.717) is 22.5 Å². The number of pyridine rings is 2. The molecule has 1 aromatic carbocycles. The predicted octanol–water partition coefficient (Wildman–Crippen LogP) is 3.58. The Balaban J connectivity index is 1.72. The van der Waals surface area contributed by atoms with Crippen LogP contribution in [0.4, 0.5) is 15.8 Å². The van der Waals surface area contributed by atoms with Crippen LogP contribution in [-0.4, -0.2) is 41.2 Å². The fourth-order valence-corrected chi connectivity index (χ4v) is 3.79. The summed E-state index contributed by atoms with van der Waals surface area (Å²) in [6.07, 6.45) is 1.53. The van der Waals surface area contributed by atoms with Crippen molar-refractivity contribution in [2.24, 2.45) is 0 Å². The van der Waals surface area contributed by atoms with Gasteiger partial charge in [-0.15, -0.1) is 0 Å². The number of anilines is 2. The number of methoxy groups -OCH3 is 1. The van der Waals surface area contributed by atoms with Crippen molar-refractivity contribution in [1.82, 2.24) is 9.97 Å². The Morgan fingerprint density at radius 2 is 1.94 bits per heavy atom. The molecule has 1 atom stereocenters. The molecule has 3 aromatic rings. The van der Waals surface area contributed by atoms with Crippen LogP contribution in [0.2, 0.25) is 0 Å². The molecule has 1 aliphatic rings. The second kappa shape index (κ2) is 8.78. The summed E-state index contributed by atoms with van der Waals surface area (Å²) < 4.78 is 20.2. The van der Waals surface area contributed by atoms with E-state index < -0.39 is 23.7 Å². The highest BCUT2D eigenvalue weighted by molar-refractivity contribution is 6.09. The Morgan fingerprint density at radius 1 is 1.21 bits per heavy atom. The Morgan fingerprint density at radius 3 is 2.61 bits per heavy atom. The molecule has 2 aromatic heterocycles. The van der Waals surface area contributed by atoms with Crippen LogP contribution in [0.1, 0.15) is 35.8 Å². The number of ketones is 1. The van der Waals surface area contributed by atoms with E-state index in [1.807, 2.05) is 0 Å². The molecule has 1 aliphatic heterocycles. The number of fused-ring (bicyclic) bond motifs is 3. The molecule has 33 heavy (non-hydrogen) atoms. The lowest BCUT2D eigenvalue weighted by Crippen LogP contribution is -2.40. The minimum Gasteiger partial charge on any atom is -0.481 e. The number of hydrogen-bond acceptors (Lipinski definition) is 6. The number of nitrogens with one attached hydrogen (secondary N) is 1. The molecule has 0 radical (unpaired) electrons. The van der Waals surface area contributed by atoms with Crippen molar-refractivity contribution in [3.63, 3.8) is 0 Å². The van der Waals surface area contributed by atoms with E-state index >= 15 is 4.39 Å². The van der Waals surface area contributed by atoms with E-state index in [0.717, 1.165) is 0 Å². The van der Waals surface area contributed by atoms with E-state index in [-0.39, 0.29) is 29.5 Å². The summed E-state index contributed by atoms with van der Waals surface area (Å²) >= 11 is 0. The van der Waals surface area contributed by atoms with Gasteiger partial charge in [0.25, 0.3) is 0 Å². The van der Waals surface area contributed by atoms with Crippen LogP contribution >= 0.6 is 0 Å². The Bertz CT molecular complexity index is 1260. The summed E-state index contributed by atoms with van der Waals surface area (Å²) in [5.41, 5.74) is 2.06. The zero-order chi connectivity index (χ0) is 23.7. The van der Waals surface area contributed by atoms with Gasteiger partial charge in [-0.1, -0.05) is 6.07 Å². The number of benzene rings is 1. The fourth-order valence-electron chi connectivity index (χ4n) is 3.79. The number of carbonyl (C=O) groups excluding carboxylic acids is 3. The van der Waals surface area contributed by atoms with Crippen LogP contribution in [0, 0.1) is 5.95 Å². The number of ether oxygens (including phenoxy) is 1. The molecule has 2 amide bonds. The second-order valence-electron chi connectivity index (χ2n) is 7.61.